The van der Waals surface area contributed by atoms with Gasteiger partial charge in [-0.1, -0.05) is 6.58 Å². The number of carbonyl (C=O) groups is 1. The molecule has 0 aliphatic carbocycles. The van der Waals surface area contributed by atoms with Crippen molar-refractivity contribution in [3.8, 4) is 0 Å². The van der Waals surface area contributed by atoms with Crippen molar-refractivity contribution in [2.45, 2.75) is 31.4 Å². The van der Waals surface area contributed by atoms with E-state index in [9.17, 15) is 39.7 Å². The standard InChI is InChI=1S/C11H13F7O3S/c1-7(2)8(19)21-4-6-22(20)5-3-9(12,10(13,14)15)11(16,17)18/h1,3-6H2,2H3. The molecule has 0 bridgehead atoms. The number of alkyl halides is 7. The molecule has 0 aliphatic heterocycles. The molecule has 0 saturated heterocycles. The van der Waals surface area contributed by atoms with E-state index in [1.807, 2.05) is 0 Å². The Kier molecular flexibility index (Phi) is 7.04. The average Bonchev–Trinajstić information content (AvgIpc) is 2.32. The number of carbonyl (C=O) groups excluding carboxylic acids is 1. The van der Waals surface area contributed by atoms with Gasteiger partial charge in [0.05, 0.1) is 5.75 Å². The van der Waals surface area contributed by atoms with E-state index in [1.165, 1.54) is 6.92 Å². The molecule has 0 rings (SSSR count). The molecule has 0 amide bonds. The maximum absolute atomic E-state index is 13.2. The molecular formula is C11H13F7O3S. The van der Waals surface area contributed by atoms with Gasteiger partial charge in [0, 0.05) is 28.5 Å². The number of esters is 1. The summed E-state index contributed by atoms with van der Waals surface area (Å²) in [7, 11) is -2.21. The van der Waals surface area contributed by atoms with Gasteiger partial charge in [-0.05, 0) is 6.92 Å². The monoisotopic (exact) mass is 358 g/mol. The second-order valence-corrected chi connectivity index (χ2v) is 6.01. The minimum atomic E-state index is -6.16. The van der Waals surface area contributed by atoms with Crippen LogP contribution in [0.4, 0.5) is 30.7 Å². The molecule has 0 radical (unpaired) electrons. The van der Waals surface area contributed by atoms with Crippen molar-refractivity contribution < 1.29 is 44.5 Å². The van der Waals surface area contributed by atoms with Crippen molar-refractivity contribution in [2.75, 3.05) is 18.1 Å². The molecule has 0 aromatic rings. The highest BCUT2D eigenvalue weighted by Crippen LogP contribution is 2.48. The second kappa shape index (κ2) is 7.42. The zero-order valence-corrected chi connectivity index (χ0v) is 12.1. The lowest BCUT2D eigenvalue weighted by Gasteiger charge is -2.29. The fourth-order valence-corrected chi connectivity index (χ4v) is 2.13. The SMILES string of the molecule is C=C(C)C(=O)OCCS(=O)CCC(F)(C(F)(F)F)C(F)(F)F. The Labute approximate surface area is 124 Å². The summed E-state index contributed by atoms with van der Waals surface area (Å²) >= 11 is 0. The Morgan fingerprint density at radius 3 is 1.86 bits per heavy atom. The van der Waals surface area contributed by atoms with Crippen LogP contribution in [0.3, 0.4) is 0 Å². The first-order valence-electron chi connectivity index (χ1n) is 5.72. The zero-order chi connectivity index (χ0) is 17.8. The molecule has 1 unspecified atom stereocenters. The molecule has 0 aromatic carbocycles. The van der Waals surface area contributed by atoms with Crippen LogP contribution in [0.2, 0.25) is 0 Å². The summed E-state index contributed by atoms with van der Waals surface area (Å²) in [5.41, 5.74) is -5.41. The van der Waals surface area contributed by atoms with Gasteiger partial charge in [0.25, 0.3) is 5.67 Å². The summed E-state index contributed by atoms with van der Waals surface area (Å²) < 4.78 is 102. The first kappa shape index (κ1) is 20.9. The first-order chi connectivity index (χ1) is 9.72. The van der Waals surface area contributed by atoms with Crippen LogP contribution in [0.25, 0.3) is 0 Å². The fourth-order valence-electron chi connectivity index (χ4n) is 1.15. The topological polar surface area (TPSA) is 43.4 Å². The highest BCUT2D eigenvalue weighted by molar-refractivity contribution is 7.84. The van der Waals surface area contributed by atoms with Gasteiger partial charge in [0.1, 0.15) is 6.61 Å². The molecule has 0 N–H and O–H groups in total. The lowest BCUT2D eigenvalue weighted by Crippen LogP contribution is -2.53. The Morgan fingerprint density at radius 1 is 1.05 bits per heavy atom. The number of halogens is 7. The summed E-state index contributed by atoms with van der Waals surface area (Å²) in [5, 5.41) is 0. The number of rotatable bonds is 7. The van der Waals surface area contributed by atoms with E-state index >= 15 is 0 Å². The molecule has 130 valence electrons. The van der Waals surface area contributed by atoms with Gasteiger partial charge >= 0.3 is 18.3 Å². The molecule has 0 saturated carbocycles. The molecular weight excluding hydrogens is 345 g/mol. The van der Waals surface area contributed by atoms with Crippen LogP contribution in [0.15, 0.2) is 12.2 Å². The van der Waals surface area contributed by atoms with E-state index in [1.54, 1.807) is 0 Å². The third-order valence-electron chi connectivity index (χ3n) is 2.47. The Balaban J connectivity index is 4.54. The first-order valence-corrected chi connectivity index (χ1v) is 7.21. The van der Waals surface area contributed by atoms with Crippen molar-refractivity contribution in [1.82, 2.24) is 0 Å². The Hall–Kier alpha value is -1.13. The Morgan fingerprint density at radius 2 is 1.50 bits per heavy atom. The largest absolute Gasteiger partial charge is 0.461 e. The van der Waals surface area contributed by atoms with E-state index in [-0.39, 0.29) is 5.57 Å². The van der Waals surface area contributed by atoms with E-state index in [4.69, 9.17) is 0 Å². The summed E-state index contributed by atoms with van der Waals surface area (Å²) in [6, 6.07) is 0. The predicted octanol–water partition coefficient (Wildman–Crippen LogP) is 3.08. The zero-order valence-electron chi connectivity index (χ0n) is 11.3. The highest BCUT2D eigenvalue weighted by Gasteiger charge is 2.71. The van der Waals surface area contributed by atoms with Gasteiger partial charge in [-0.15, -0.1) is 0 Å². The van der Waals surface area contributed by atoms with Crippen LogP contribution in [0.1, 0.15) is 13.3 Å². The van der Waals surface area contributed by atoms with Gasteiger partial charge in [-0.25, -0.2) is 9.18 Å². The quantitative estimate of drug-likeness (QED) is 0.399. The Bertz CT molecular complexity index is 428. The van der Waals surface area contributed by atoms with Crippen LogP contribution >= 0.6 is 0 Å². The second-order valence-electron chi connectivity index (χ2n) is 4.31. The summed E-state index contributed by atoms with van der Waals surface area (Å²) in [6.45, 7) is 4.04. The van der Waals surface area contributed by atoms with Gasteiger partial charge in [0.2, 0.25) is 0 Å². The van der Waals surface area contributed by atoms with E-state index in [2.05, 4.69) is 11.3 Å². The van der Waals surface area contributed by atoms with Crippen LogP contribution < -0.4 is 0 Å². The van der Waals surface area contributed by atoms with Crippen LogP contribution in [-0.2, 0) is 20.3 Å². The minimum Gasteiger partial charge on any atom is -0.461 e. The number of hydrogen-bond donors (Lipinski definition) is 0. The maximum Gasteiger partial charge on any atom is 0.431 e. The predicted molar refractivity (Wildman–Crippen MR) is 64.2 cm³/mol. The molecule has 1 atom stereocenters. The highest BCUT2D eigenvalue weighted by atomic mass is 32.2. The van der Waals surface area contributed by atoms with Crippen LogP contribution in [-0.4, -0.2) is 46.3 Å². The molecule has 11 heteroatoms. The van der Waals surface area contributed by atoms with Gasteiger partial charge < -0.3 is 4.74 Å². The van der Waals surface area contributed by atoms with Crippen molar-refractivity contribution in [3.05, 3.63) is 12.2 Å². The molecule has 0 fully saturated rings. The van der Waals surface area contributed by atoms with Gasteiger partial charge in [0.15, 0.2) is 0 Å². The molecule has 0 spiro atoms. The molecule has 3 nitrogen and oxygen atoms in total. The molecule has 22 heavy (non-hydrogen) atoms. The van der Waals surface area contributed by atoms with E-state index in [0.29, 0.717) is 0 Å². The fraction of sp³-hybridized carbons (Fsp3) is 0.727. The van der Waals surface area contributed by atoms with E-state index < -0.39 is 59.3 Å². The third kappa shape index (κ3) is 5.58. The van der Waals surface area contributed by atoms with Gasteiger partial charge in [-0.3, -0.25) is 4.21 Å². The molecule has 0 heterocycles. The number of ether oxygens (including phenoxy) is 1. The van der Waals surface area contributed by atoms with Crippen LogP contribution in [0.5, 0.6) is 0 Å². The van der Waals surface area contributed by atoms with Crippen molar-refractivity contribution in [3.63, 3.8) is 0 Å². The summed E-state index contributed by atoms with van der Waals surface area (Å²) in [4.78, 5) is 10.9. The molecule has 0 aromatic heterocycles. The lowest BCUT2D eigenvalue weighted by atomic mass is 10.0. The maximum atomic E-state index is 13.2. The lowest BCUT2D eigenvalue weighted by molar-refractivity contribution is -0.341. The van der Waals surface area contributed by atoms with E-state index in [0.717, 1.165) is 0 Å². The normalized spacial score (nSPS) is 14.5. The average molecular weight is 358 g/mol. The van der Waals surface area contributed by atoms with Crippen molar-refractivity contribution >= 4 is 16.8 Å². The van der Waals surface area contributed by atoms with Gasteiger partial charge in [-0.2, -0.15) is 26.3 Å². The van der Waals surface area contributed by atoms with Crippen molar-refractivity contribution in [2.24, 2.45) is 0 Å². The third-order valence-corrected chi connectivity index (χ3v) is 3.75. The van der Waals surface area contributed by atoms with Crippen LogP contribution in [0, 0.1) is 0 Å². The smallest absolute Gasteiger partial charge is 0.431 e. The molecule has 0 aliphatic rings. The summed E-state index contributed by atoms with van der Waals surface area (Å²) in [6.07, 6.45) is -14.4. The number of hydrogen-bond acceptors (Lipinski definition) is 3. The van der Waals surface area contributed by atoms with Crippen molar-refractivity contribution in [1.29, 1.82) is 0 Å². The minimum absolute atomic E-state index is 0.0164. The summed E-state index contributed by atoms with van der Waals surface area (Å²) in [5.74, 6) is -2.53.